The first-order chi connectivity index (χ1) is 14.8. The number of rotatable bonds is 10. The molecule has 0 atom stereocenters. The first-order valence-corrected chi connectivity index (χ1v) is 10.8. The first-order valence-electron chi connectivity index (χ1n) is 10.8. The molecule has 8 nitrogen and oxygen atoms in total. The molecule has 31 heavy (non-hydrogen) atoms. The largest absolute Gasteiger partial charge is 0.463 e. The fraction of sp³-hybridized carbons (Fsp3) is 0.522. The maximum Gasteiger partial charge on any atom is 0.328 e. The van der Waals surface area contributed by atoms with Crippen LogP contribution in [-0.4, -0.2) is 45.4 Å². The lowest BCUT2D eigenvalue weighted by Gasteiger charge is -2.21. The van der Waals surface area contributed by atoms with Gasteiger partial charge in [-0.05, 0) is 44.7 Å². The molecule has 0 spiro atoms. The molecule has 0 aliphatic rings. The number of ether oxygens (including phenoxy) is 2. The van der Waals surface area contributed by atoms with Crippen molar-refractivity contribution < 1.29 is 9.47 Å². The van der Waals surface area contributed by atoms with Crippen molar-refractivity contribution in [2.45, 2.75) is 59.0 Å². The normalized spacial score (nSPS) is 11.8. The SMILES string of the molecule is CCCCOc1nc(NC(C)(C)C)c2[nH]c(=O)n(Cc3cccc(CCOC)c3)c2n1. The van der Waals surface area contributed by atoms with Crippen molar-refractivity contribution >= 4 is 17.0 Å². The fourth-order valence-corrected chi connectivity index (χ4v) is 3.26. The molecule has 0 amide bonds. The van der Waals surface area contributed by atoms with E-state index in [0.29, 0.717) is 36.7 Å². The van der Waals surface area contributed by atoms with Gasteiger partial charge in [0.25, 0.3) is 0 Å². The Labute approximate surface area is 183 Å². The molecule has 0 saturated heterocycles. The number of aromatic nitrogens is 4. The summed E-state index contributed by atoms with van der Waals surface area (Å²) in [6.07, 6.45) is 2.76. The Balaban J connectivity index is 2.01. The van der Waals surface area contributed by atoms with Crippen molar-refractivity contribution in [3.63, 3.8) is 0 Å². The highest BCUT2D eigenvalue weighted by Gasteiger charge is 2.20. The Bertz CT molecular complexity index is 1070. The van der Waals surface area contributed by atoms with E-state index in [-0.39, 0.29) is 17.2 Å². The van der Waals surface area contributed by atoms with E-state index in [9.17, 15) is 4.79 Å². The first kappa shape index (κ1) is 22.8. The highest BCUT2D eigenvalue weighted by Crippen LogP contribution is 2.24. The monoisotopic (exact) mass is 427 g/mol. The molecule has 0 aliphatic carbocycles. The van der Waals surface area contributed by atoms with Crippen LogP contribution < -0.4 is 15.7 Å². The van der Waals surface area contributed by atoms with Crippen LogP contribution in [0.3, 0.4) is 0 Å². The third kappa shape index (κ3) is 6.07. The minimum Gasteiger partial charge on any atom is -0.463 e. The van der Waals surface area contributed by atoms with Crippen LogP contribution >= 0.6 is 0 Å². The summed E-state index contributed by atoms with van der Waals surface area (Å²) in [5, 5.41) is 3.36. The maximum atomic E-state index is 12.8. The Morgan fingerprint density at radius 2 is 1.94 bits per heavy atom. The van der Waals surface area contributed by atoms with Crippen molar-refractivity contribution in [2.24, 2.45) is 0 Å². The smallest absolute Gasteiger partial charge is 0.328 e. The van der Waals surface area contributed by atoms with Gasteiger partial charge in [0.15, 0.2) is 11.5 Å². The molecule has 0 unspecified atom stereocenters. The van der Waals surface area contributed by atoms with Crippen LogP contribution in [0.15, 0.2) is 29.1 Å². The molecule has 2 aromatic heterocycles. The van der Waals surface area contributed by atoms with Gasteiger partial charge in [0, 0.05) is 12.6 Å². The summed E-state index contributed by atoms with van der Waals surface area (Å²) in [6.45, 7) is 9.82. The van der Waals surface area contributed by atoms with E-state index in [1.807, 2.05) is 32.9 Å². The lowest BCUT2D eigenvalue weighted by Crippen LogP contribution is -2.27. The molecule has 1 aromatic carbocycles. The van der Waals surface area contributed by atoms with Crippen LogP contribution in [0.1, 0.15) is 51.7 Å². The van der Waals surface area contributed by atoms with E-state index < -0.39 is 0 Å². The number of benzene rings is 1. The van der Waals surface area contributed by atoms with Crippen LogP contribution in [0.25, 0.3) is 11.2 Å². The third-order valence-corrected chi connectivity index (χ3v) is 4.75. The van der Waals surface area contributed by atoms with Gasteiger partial charge >= 0.3 is 11.7 Å². The summed E-state index contributed by atoms with van der Waals surface area (Å²) in [7, 11) is 1.69. The zero-order valence-electron chi connectivity index (χ0n) is 19.1. The van der Waals surface area contributed by atoms with Crippen LogP contribution in [0, 0.1) is 0 Å². The van der Waals surface area contributed by atoms with Gasteiger partial charge in [-0.3, -0.25) is 4.57 Å². The molecule has 0 bridgehead atoms. The quantitative estimate of drug-likeness (QED) is 0.479. The van der Waals surface area contributed by atoms with Crippen LogP contribution in [0.5, 0.6) is 6.01 Å². The number of nitrogens with zero attached hydrogens (tertiary/aromatic N) is 3. The van der Waals surface area contributed by atoms with Crippen molar-refractivity contribution in [3.8, 4) is 6.01 Å². The number of nitrogens with one attached hydrogen (secondary N) is 2. The number of aromatic amines is 1. The summed E-state index contributed by atoms with van der Waals surface area (Å²) < 4.78 is 12.6. The zero-order valence-corrected chi connectivity index (χ0v) is 19.1. The summed E-state index contributed by atoms with van der Waals surface area (Å²) in [5.74, 6) is 0.564. The second-order valence-corrected chi connectivity index (χ2v) is 8.71. The molecule has 0 saturated carbocycles. The van der Waals surface area contributed by atoms with E-state index >= 15 is 0 Å². The van der Waals surface area contributed by atoms with Gasteiger partial charge in [0.1, 0.15) is 5.52 Å². The van der Waals surface area contributed by atoms with Gasteiger partial charge in [0.2, 0.25) is 0 Å². The minimum absolute atomic E-state index is 0.228. The van der Waals surface area contributed by atoms with E-state index in [0.717, 1.165) is 24.8 Å². The van der Waals surface area contributed by atoms with Gasteiger partial charge in [-0.1, -0.05) is 37.6 Å². The lowest BCUT2D eigenvalue weighted by atomic mass is 10.1. The molecule has 8 heteroatoms. The Kier molecular flexibility index (Phi) is 7.33. The van der Waals surface area contributed by atoms with E-state index in [1.165, 1.54) is 5.56 Å². The summed E-state index contributed by atoms with van der Waals surface area (Å²) >= 11 is 0. The molecular formula is C23H33N5O3. The van der Waals surface area contributed by atoms with E-state index in [4.69, 9.17) is 9.47 Å². The molecule has 3 rings (SSSR count). The van der Waals surface area contributed by atoms with Crippen LogP contribution in [-0.2, 0) is 17.7 Å². The van der Waals surface area contributed by atoms with Crippen molar-refractivity contribution in [1.82, 2.24) is 19.5 Å². The zero-order chi connectivity index (χ0) is 22.4. The van der Waals surface area contributed by atoms with Crippen LogP contribution in [0.2, 0.25) is 0 Å². The lowest BCUT2D eigenvalue weighted by molar-refractivity contribution is 0.202. The number of hydrogen-bond donors (Lipinski definition) is 2. The van der Waals surface area contributed by atoms with Gasteiger partial charge in [-0.25, -0.2) is 4.79 Å². The highest BCUT2D eigenvalue weighted by molar-refractivity contribution is 5.83. The number of H-pyrrole nitrogens is 1. The Morgan fingerprint density at radius 3 is 2.65 bits per heavy atom. The standard InChI is InChI=1S/C23H33N5O3/c1-6-7-12-31-21-25-19(27-23(2,3)4)18-20(26-21)28(22(29)24-18)15-17-10-8-9-16(14-17)11-13-30-5/h8-10,14H,6-7,11-13,15H2,1-5H3,(H,24,29)(H,25,26,27). The van der Waals surface area contributed by atoms with Crippen LogP contribution in [0.4, 0.5) is 5.82 Å². The van der Waals surface area contributed by atoms with Crippen molar-refractivity contribution in [1.29, 1.82) is 0 Å². The molecule has 3 aromatic rings. The van der Waals surface area contributed by atoms with Crippen molar-refractivity contribution in [3.05, 3.63) is 45.9 Å². The molecule has 0 aliphatic heterocycles. The van der Waals surface area contributed by atoms with Gasteiger partial charge in [0.05, 0.1) is 19.8 Å². The third-order valence-electron chi connectivity index (χ3n) is 4.75. The number of imidazole rings is 1. The number of unbranched alkanes of at least 4 members (excludes halogenated alkanes) is 1. The second kappa shape index (κ2) is 9.96. The second-order valence-electron chi connectivity index (χ2n) is 8.71. The molecule has 2 heterocycles. The van der Waals surface area contributed by atoms with Gasteiger partial charge in [-0.15, -0.1) is 0 Å². The summed E-state index contributed by atoms with van der Waals surface area (Å²) in [5.41, 5.74) is 2.83. The van der Waals surface area contributed by atoms with Gasteiger partial charge < -0.3 is 19.8 Å². The molecule has 0 radical (unpaired) electrons. The number of methoxy groups -OCH3 is 1. The average Bonchev–Trinajstić information content (AvgIpc) is 3.02. The molecule has 2 N–H and O–H groups in total. The Hall–Kier alpha value is -2.87. The number of hydrogen-bond acceptors (Lipinski definition) is 6. The summed E-state index contributed by atoms with van der Waals surface area (Å²) in [4.78, 5) is 24.9. The molecule has 168 valence electrons. The minimum atomic E-state index is -0.239. The van der Waals surface area contributed by atoms with Gasteiger partial charge in [-0.2, -0.15) is 9.97 Å². The Morgan fingerprint density at radius 1 is 1.16 bits per heavy atom. The number of fused-ring (bicyclic) bond motifs is 1. The molecular weight excluding hydrogens is 394 g/mol. The van der Waals surface area contributed by atoms with Crippen molar-refractivity contribution in [2.75, 3.05) is 25.6 Å². The molecule has 0 fully saturated rings. The predicted molar refractivity (Wildman–Crippen MR) is 123 cm³/mol. The summed E-state index contributed by atoms with van der Waals surface area (Å²) in [6, 6.07) is 8.44. The topological polar surface area (TPSA) is 94.1 Å². The average molecular weight is 428 g/mol. The highest BCUT2D eigenvalue weighted by atomic mass is 16.5. The fourth-order valence-electron chi connectivity index (χ4n) is 3.26. The maximum absolute atomic E-state index is 12.8. The predicted octanol–water partition coefficient (Wildman–Crippen LogP) is 3.75. The van der Waals surface area contributed by atoms with E-state index in [1.54, 1.807) is 11.7 Å². The van der Waals surface area contributed by atoms with E-state index in [2.05, 4.69) is 39.3 Å². The number of anilines is 1.